The van der Waals surface area contributed by atoms with Crippen LogP contribution in [0.2, 0.25) is 0 Å². The van der Waals surface area contributed by atoms with Crippen LogP contribution in [-0.4, -0.2) is 28.5 Å². The van der Waals surface area contributed by atoms with Crippen molar-refractivity contribution in [2.45, 2.75) is 63.0 Å². The van der Waals surface area contributed by atoms with Crippen molar-refractivity contribution in [3.63, 3.8) is 0 Å². The number of carbonyl (C=O) groups excluding carboxylic acids is 1. The van der Waals surface area contributed by atoms with Crippen LogP contribution in [0.5, 0.6) is 0 Å². The number of likely N-dealkylation sites (tertiary alicyclic amines) is 1. The van der Waals surface area contributed by atoms with Crippen molar-refractivity contribution < 1.29 is 9.90 Å². The molecule has 2 fully saturated rings. The molecule has 1 saturated carbocycles. The van der Waals surface area contributed by atoms with Gasteiger partial charge in [0.2, 0.25) is 5.91 Å². The molecular formula is C25H31NO2. The fraction of sp³-hybridized carbons (Fsp3) is 0.480. The van der Waals surface area contributed by atoms with Crippen LogP contribution in [0.15, 0.2) is 60.7 Å². The maximum absolute atomic E-state index is 13.2. The highest BCUT2D eigenvalue weighted by atomic mass is 16.3. The molecule has 0 radical (unpaired) electrons. The Labute approximate surface area is 168 Å². The second kappa shape index (κ2) is 8.08. The van der Waals surface area contributed by atoms with E-state index in [1.165, 1.54) is 5.56 Å². The molecule has 1 heterocycles. The Balaban J connectivity index is 1.53. The van der Waals surface area contributed by atoms with E-state index in [-0.39, 0.29) is 23.8 Å². The normalized spacial score (nSPS) is 28.4. The zero-order valence-corrected chi connectivity index (χ0v) is 16.8. The number of carbonyl (C=O) groups is 1. The fourth-order valence-corrected chi connectivity index (χ4v) is 5.36. The molecule has 0 spiro atoms. The number of hydrogen-bond donors (Lipinski definition) is 1. The van der Waals surface area contributed by atoms with Crippen LogP contribution in [0.3, 0.4) is 0 Å². The standard InChI is InChI=1S/C25H31NO2/c1-19(20-10-4-2-5-11-20)18-24(27)26-17-16-25(28,21-12-6-3-7-13-21)22-14-8-9-15-23(22)26/h2-7,10-13,19,22-23,28H,8-9,14-18H2,1H3/t19?,22-,23?,25+/m0/s1. The predicted octanol–water partition coefficient (Wildman–Crippen LogP) is 4.86. The van der Waals surface area contributed by atoms with Gasteiger partial charge in [-0.05, 0) is 36.3 Å². The molecule has 2 aromatic rings. The summed E-state index contributed by atoms with van der Waals surface area (Å²) in [5.41, 5.74) is 1.42. The van der Waals surface area contributed by atoms with E-state index < -0.39 is 5.60 Å². The maximum Gasteiger partial charge on any atom is 0.223 e. The molecule has 0 bridgehead atoms. The summed E-state index contributed by atoms with van der Waals surface area (Å²) >= 11 is 0. The number of nitrogens with zero attached hydrogens (tertiary/aromatic N) is 1. The first kappa shape index (κ1) is 19.2. The highest BCUT2D eigenvalue weighted by molar-refractivity contribution is 5.77. The highest BCUT2D eigenvalue weighted by Crippen LogP contribution is 2.47. The van der Waals surface area contributed by atoms with E-state index in [4.69, 9.17) is 0 Å². The van der Waals surface area contributed by atoms with E-state index in [1.54, 1.807) is 0 Å². The van der Waals surface area contributed by atoms with Gasteiger partial charge in [-0.25, -0.2) is 0 Å². The molecule has 3 heteroatoms. The van der Waals surface area contributed by atoms with E-state index in [1.807, 2.05) is 48.5 Å². The lowest BCUT2D eigenvalue weighted by Gasteiger charge is -2.52. The van der Waals surface area contributed by atoms with Gasteiger partial charge in [0, 0.05) is 24.9 Å². The highest BCUT2D eigenvalue weighted by Gasteiger charge is 2.50. The Bertz CT molecular complexity index is 791. The summed E-state index contributed by atoms with van der Waals surface area (Å²) in [5.74, 6) is 0.586. The minimum Gasteiger partial charge on any atom is -0.385 e. The Morgan fingerprint density at radius 3 is 2.43 bits per heavy atom. The van der Waals surface area contributed by atoms with Gasteiger partial charge < -0.3 is 10.0 Å². The smallest absolute Gasteiger partial charge is 0.223 e. The zero-order chi connectivity index (χ0) is 19.6. The third kappa shape index (κ3) is 3.60. The van der Waals surface area contributed by atoms with E-state index in [0.29, 0.717) is 19.4 Å². The van der Waals surface area contributed by atoms with E-state index in [9.17, 15) is 9.90 Å². The van der Waals surface area contributed by atoms with Gasteiger partial charge in [-0.1, -0.05) is 80.4 Å². The van der Waals surface area contributed by atoms with Gasteiger partial charge in [-0.3, -0.25) is 4.79 Å². The van der Waals surface area contributed by atoms with Crippen LogP contribution in [0.1, 0.15) is 62.5 Å². The molecule has 1 N–H and O–H groups in total. The lowest BCUT2D eigenvalue weighted by molar-refractivity contribution is -0.155. The van der Waals surface area contributed by atoms with Gasteiger partial charge in [0.25, 0.3) is 0 Å². The lowest BCUT2D eigenvalue weighted by atomic mass is 9.66. The maximum atomic E-state index is 13.2. The number of piperidine rings is 1. The average Bonchev–Trinajstić information content (AvgIpc) is 2.75. The molecule has 0 aromatic heterocycles. The van der Waals surface area contributed by atoms with Crippen molar-refractivity contribution in [1.82, 2.24) is 4.90 Å². The van der Waals surface area contributed by atoms with Gasteiger partial charge >= 0.3 is 0 Å². The number of amides is 1. The summed E-state index contributed by atoms with van der Waals surface area (Å²) in [4.78, 5) is 15.3. The van der Waals surface area contributed by atoms with Gasteiger partial charge in [-0.15, -0.1) is 0 Å². The second-order valence-electron chi connectivity index (χ2n) is 8.60. The number of hydrogen-bond acceptors (Lipinski definition) is 2. The van der Waals surface area contributed by atoms with Gasteiger partial charge in [0.05, 0.1) is 5.60 Å². The molecule has 1 saturated heterocycles. The van der Waals surface area contributed by atoms with E-state index in [0.717, 1.165) is 31.2 Å². The molecule has 3 nitrogen and oxygen atoms in total. The third-order valence-corrected chi connectivity index (χ3v) is 6.92. The first-order valence-corrected chi connectivity index (χ1v) is 10.7. The van der Waals surface area contributed by atoms with Crippen LogP contribution in [0.4, 0.5) is 0 Å². The van der Waals surface area contributed by atoms with Crippen molar-refractivity contribution in [3.05, 3.63) is 71.8 Å². The quantitative estimate of drug-likeness (QED) is 0.827. The van der Waals surface area contributed by atoms with Crippen molar-refractivity contribution >= 4 is 5.91 Å². The first-order valence-electron chi connectivity index (χ1n) is 10.7. The monoisotopic (exact) mass is 377 g/mol. The van der Waals surface area contributed by atoms with Gasteiger partial charge in [-0.2, -0.15) is 0 Å². The molecule has 148 valence electrons. The molecule has 28 heavy (non-hydrogen) atoms. The summed E-state index contributed by atoms with van der Waals surface area (Å²) in [6.45, 7) is 2.78. The summed E-state index contributed by atoms with van der Waals surface area (Å²) in [6.07, 6.45) is 5.45. The molecule has 2 unspecified atom stereocenters. The molecule has 2 aliphatic rings. The Kier molecular flexibility index (Phi) is 5.54. The molecular weight excluding hydrogens is 346 g/mol. The minimum atomic E-state index is -0.811. The van der Waals surface area contributed by atoms with Crippen molar-refractivity contribution in [2.24, 2.45) is 5.92 Å². The second-order valence-corrected chi connectivity index (χ2v) is 8.60. The number of aliphatic hydroxyl groups is 1. The Morgan fingerprint density at radius 2 is 1.71 bits per heavy atom. The van der Waals surface area contributed by atoms with Crippen LogP contribution in [-0.2, 0) is 10.4 Å². The van der Waals surface area contributed by atoms with Crippen LogP contribution < -0.4 is 0 Å². The van der Waals surface area contributed by atoms with Crippen LogP contribution >= 0.6 is 0 Å². The Morgan fingerprint density at radius 1 is 1.07 bits per heavy atom. The van der Waals surface area contributed by atoms with Gasteiger partial charge in [0.15, 0.2) is 0 Å². The third-order valence-electron chi connectivity index (χ3n) is 6.92. The molecule has 1 amide bonds. The molecule has 4 rings (SSSR count). The lowest BCUT2D eigenvalue weighted by Crippen LogP contribution is -2.59. The summed E-state index contributed by atoms with van der Waals surface area (Å²) in [5, 5.41) is 11.7. The van der Waals surface area contributed by atoms with Crippen LogP contribution in [0.25, 0.3) is 0 Å². The number of benzene rings is 2. The zero-order valence-electron chi connectivity index (χ0n) is 16.8. The number of fused-ring (bicyclic) bond motifs is 1. The molecule has 4 atom stereocenters. The van der Waals surface area contributed by atoms with Gasteiger partial charge in [0.1, 0.15) is 0 Å². The fourth-order valence-electron chi connectivity index (χ4n) is 5.36. The summed E-state index contributed by atoms with van der Waals surface area (Å²) in [6, 6.07) is 20.5. The summed E-state index contributed by atoms with van der Waals surface area (Å²) < 4.78 is 0. The number of rotatable bonds is 4. The minimum absolute atomic E-state index is 0.133. The molecule has 1 aliphatic heterocycles. The van der Waals surface area contributed by atoms with Crippen LogP contribution in [0, 0.1) is 5.92 Å². The predicted molar refractivity (Wildman–Crippen MR) is 112 cm³/mol. The molecule has 2 aromatic carbocycles. The van der Waals surface area contributed by atoms with Crippen molar-refractivity contribution in [2.75, 3.05) is 6.54 Å². The largest absolute Gasteiger partial charge is 0.385 e. The average molecular weight is 378 g/mol. The SMILES string of the molecule is CC(CC(=O)N1CC[C@@](O)(c2ccccc2)[C@H]2CCCCC21)c1ccccc1. The van der Waals surface area contributed by atoms with Crippen molar-refractivity contribution in [3.8, 4) is 0 Å². The molecule has 1 aliphatic carbocycles. The van der Waals surface area contributed by atoms with Crippen molar-refractivity contribution in [1.29, 1.82) is 0 Å². The first-order chi connectivity index (χ1) is 13.6. The topological polar surface area (TPSA) is 40.5 Å². The van der Waals surface area contributed by atoms with E-state index in [2.05, 4.69) is 24.0 Å². The Hall–Kier alpha value is -2.13. The summed E-state index contributed by atoms with van der Waals surface area (Å²) in [7, 11) is 0. The van der Waals surface area contributed by atoms with E-state index >= 15 is 0 Å².